The van der Waals surface area contributed by atoms with Crippen molar-refractivity contribution in [1.29, 1.82) is 0 Å². The van der Waals surface area contributed by atoms with Crippen molar-refractivity contribution in [2.45, 2.75) is 12.5 Å². The molecule has 0 amide bonds. The lowest BCUT2D eigenvalue weighted by Gasteiger charge is -2.35. The molecular weight excluding hydrogens is 584 g/mol. The van der Waals surface area contributed by atoms with Gasteiger partial charge in [0.05, 0.1) is 16.6 Å². The van der Waals surface area contributed by atoms with Crippen LogP contribution in [0.25, 0.3) is 21.5 Å². The standard InChI is InChI=1S/C29H22N2O9S2/c30-26-22(29-31-23-13-17-11-15-5-1-2-6-16(15)12-18(17)14-24(23)38-29)10-9-21-25(26)28(40-42(35,36)37)20-8-4-3-7-19(20)27(21)39-41(32,33)34/h1-10,12,14-16,18,23H,13,30H2,(H,32,33,34)(H,35,36,37). The molecule has 13 heteroatoms. The van der Waals surface area contributed by atoms with Gasteiger partial charge in [0.15, 0.2) is 11.5 Å². The summed E-state index contributed by atoms with van der Waals surface area (Å²) in [5, 5.41) is 0.0130. The number of fused-ring (bicyclic) bond motifs is 5. The zero-order valence-corrected chi connectivity index (χ0v) is 23.2. The maximum Gasteiger partial charge on any atom is 0.446 e. The third-order valence-electron chi connectivity index (χ3n) is 7.68. The molecule has 0 saturated carbocycles. The van der Waals surface area contributed by atoms with Crippen LogP contribution in [-0.4, -0.2) is 37.9 Å². The van der Waals surface area contributed by atoms with Crippen LogP contribution >= 0.6 is 0 Å². The quantitative estimate of drug-likeness (QED) is 0.216. The van der Waals surface area contributed by atoms with Crippen molar-refractivity contribution in [3.05, 3.63) is 96.2 Å². The van der Waals surface area contributed by atoms with Crippen LogP contribution in [0, 0.1) is 30.3 Å². The number of allylic oxidation sites excluding steroid dienone is 6. The Morgan fingerprint density at radius 1 is 0.929 bits per heavy atom. The van der Waals surface area contributed by atoms with Crippen LogP contribution in [0.15, 0.2) is 83.1 Å². The van der Waals surface area contributed by atoms with E-state index in [1.165, 1.54) is 30.3 Å². The fourth-order valence-corrected chi connectivity index (χ4v) is 6.74. The van der Waals surface area contributed by atoms with E-state index in [1.807, 2.05) is 18.2 Å². The lowest BCUT2D eigenvalue weighted by Crippen LogP contribution is -2.28. The molecule has 2 radical (unpaired) electrons. The van der Waals surface area contributed by atoms with Crippen LogP contribution in [0.2, 0.25) is 0 Å². The topological polar surface area (TPSA) is 175 Å². The molecule has 0 bridgehead atoms. The molecule has 4 N–H and O–H groups in total. The number of aliphatic imine (C=N–C) groups is 1. The van der Waals surface area contributed by atoms with E-state index in [0.717, 1.165) is 5.57 Å². The van der Waals surface area contributed by atoms with Gasteiger partial charge in [-0.05, 0) is 43.0 Å². The van der Waals surface area contributed by atoms with Crippen LogP contribution in [0.4, 0.5) is 5.69 Å². The molecule has 4 atom stereocenters. The third kappa shape index (κ3) is 4.64. The van der Waals surface area contributed by atoms with Crippen molar-refractivity contribution in [1.82, 2.24) is 0 Å². The van der Waals surface area contributed by atoms with Gasteiger partial charge in [0, 0.05) is 28.0 Å². The van der Waals surface area contributed by atoms with Gasteiger partial charge in [-0.25, -0.2) is 4.99 Å². The number of anilines is 1. The van der Waals surface area contributed by atoms with E-state index < -0.39 is 20.8 Å². The summed E-state index contributed by atoms with van der Waals surface area (Å²) in [5.74, 6) is 0.585. The monoisotopic (exact) mass is 606 g/mol. The van der Waals surface area contributed by atoms with Gasteiger partial charge in [-0.1, -0.05) is 54.1 Å². The summed E-state index contributed by atoms with van der Waals surface area (Å²) in [7, 11) is -10.1. The number of nitrogens with zero attached hydrogens (tertiary/aromatic N) is 1. The van der Waals surface area contributed by atoms with E-state index in [0.29, 0.717) is 12.2 Å². The highest BCUT2D eigenvalue weighted by atomic mass is 32.3. The Kier molecular flexibility index (Phi) is 5.99. The Hall–Kier alpha value is -4.17. The Balaban J connectivity index is 1.37. The van der Waals surface area contributed by atoms with Crippen LogP contribution in [0.1, 0.15) is 12.0 Å². The molecule has 0 fully saturated rings. The minimum atomic E-state index is -5.05. The Morgan fingerprint density at radius 3 is 2.36 bits per heavy atom. The minimum Gasteiger partial charge on any atom is -0.441 e. The number of ether oxygens (including phenoxy) is 1. The average Bonchev–Trinajstić information content (AvgIpc) is 3.33. The molecule has 0 aromatic heterocycles. The summed E-state index contributed by atoms with van der Waals surface area (Å²) < 4.78 is 82.5. The first-order valence-corrected chi connectivity index (χ1v) is 15.6. The number of hydrogen-bond acceptors (Lipinski definition) is 9. The maximum absolute atomic E-state index is 11.9. The maximum atomic E-state index is 11.9. The smallest absolute Gasteiger partial charge is 0.441 e. The van der Waals surface area contributed by atoms with Crippen molar-refractivity contribution in [2.75, 3.05) is 5.73 Å². The van der Waals surface area contributed by atoms with Gasteiger partial charge in [-0.2, -0.15) is 16.8 Å². The van der Waals surface area contributed by atoms with Gasteiger partial charge < -0.3 is 18.8 Å². The van der Waals surface area contributed by atoms with Crippen LogP contribution in [0.5, 0.6) is 11.5 Å². The van der Waals surface area contributed by atoms with Crippen molar-refractivity contribution < 1.29 is 39.0 Å². The first-order chi connectivity index (χ1) is 19.9. The van der Waals surface area contributed by atoms with Crippen molar-refractivity contribution in [3.8, 4) is 11.5 Å². The predicted molar refractivity (Wildman–Crippen MR) is 154 cm³/mol. The van der Waals surface area contributed by atoms with Crippen LogP contribution in [-0.2, 0) is 25.5 Å². The molecule has 4 aliphatic rings. The second-order valence-corrected chi connectivity index (χ2v) is 12.3. The van der Waals surface area contributed by atoms with Gasteiger partial charge >= 0.3 is 20.8 Å². The number of benzene rings is 3. The van der Waals surface area contributed by atoms with E-state index in [1.54, 1.807) is 6.07 Å². The van der Waals surface area contributed by atoms with E-state index in [4.69, 9.17) is 23.8 Å². The number of hydrogen-bond donors (Lipinski definition) is 3. The molecule has 4 unspecified atom stereocenters. The third-order valence-corrected chi connectivity index (χ3v) is 8.43. The van der Waals surface area contributed by atoms with Gasteiger partial charge in [0.25, 0.3) is 0 Å². The molecular formula is C29H22N2O9S2. The van der Waals surface area contributed by atoms with E-state index in [9.17, 15) is 25.9 Å². The Labute approximate surface area is 241 Å². The molecule has 1 heterocycles. The zero-order valence-electron chi connectivity index (χ0n) is 21.5. The molecule has 214 valence electrons. The van der Waals surface area contributed by atoms with Crippen molar-refractivity contribution in [2.24, 2.45) is 22.7 Å². The van der Waals surface area contributed by atoms with Crippen molar-refractivity contribution in [3.63, 3.8) is 0 Å². The normalized spacial score (nSPS) is 24.7. The highest BCUT2D eigenvalue weighted by Gasteiger charge is 2.39. The Bertz CT molecular complexity index is 2060. The molecule has 3 aliphatic carbocycles. The second-order valence-electron chi connectivity index (χ2n) is 10.3. The lowest BCUT2D eigenvalue weighted by molar-refractivity contribution is 0.385. The second kappa shape index (κ2) is 9.42. The Morgan fingerprint density at radius 2 is 1.62 bits per heavy atom. The van der Waals surface area contributed by atoms with E-state index in [-0.39, 0.29) is 74.0 Å². The van der Waals surface area contributed by atoms with Gasteiger partial charge in [-0.15, -0.1) is 0 Å². The molecule has 3 aromatic rings. The molecule has 42 heavy (non-hydrogen) atoms. The largest absolute Gasteiger partial charge is 0.446 e. The molecule has 3 aromatic carbocycles. The first-order valence-electron chi connectivity index (χ1n) is 12.9. The summed E-state index contributed by atoms with van der Waals surface area (Å²) >= 11 is 0. The number of rotatable bonds is 5. The summed E-state index contributed by atoms with van der Waals surface area (Å²) in [5.41, 5.74) is 7.90. The molecule has 1 aliphatic heterocycles. The fourth-order valence-electron chi connectivity index (χ4n) is 5.97. The number of nitrogens with two attached hydrogens (primary N) is 1. The van der Waals surface area contributed by atoms with Gasteiger partial charge in [-0.3, -0.25) is 9.11 Å². The van der Waals surface area contributed by atoms with Gasteiger partial charge in [0.2, 0.25) is 5.90 Å². The highest BCUT2D eigenvalue weighted by molar-refractivity contribution is 7.81. The van der Waals surface area contributed by atoms with E-state index in [2.05, 4.69) is 24.6 Å². The average molecular weight is 607 g/mol. The SMILES string of the molecule is Nc1c(C2=NC3CC4=[C]C5C=CC=CC5[CH]C4C=C3O2)ccc2c(OS(=O)(=O)O)c3ccccc3c(OS(=O)(=O)O)c12. The first kappa shape index (κ1) is 26.7. The summed E-state index contributed by atoms with van der Waals surface area (Å²) in [6.45, 7) is 0. The van der Waals surface area contributed by atoms with Gasteiger partial charge in [0.1, 0.15) is 11.8 Å². The lowest BCUT2D eigenvalue weighted by atomic mass is 9.70. The van der Waals surface area contributed by atoms with E-state index >= 15 is 0 Å². The highest BCUT2D eigenvalue weighted by Crippen LogP contribution is 2.48. The zero-order chi connectivity index (χ0) is 29.4. The summed E-state index contributed by atoms with van der Waals surface area (Å²) in [6, 6.07) is 8.55. The van der Waals surface area contributed by atoms with Crippen LogP contribution in [0.3, 0.4) is 0 Å². The fraction of sp³-hybridized carbons (Fsp3) is 0.172. The van der Waals surface area contributed by atoms with Crippen LogP contribution < -0.4 is 14.1 Å². The minimum absolute atomic E-state index is 0.00876. The molecule has 0 spiro atoms. The summed E-state index contributed by atoms with van der Waals surface area (Å²) in [6.07, 6.45) is 16.8. The molecule has 11 nitrogen and oxygen atoms in total. The number of nitrogen functional groups attached to an aromatic ring is 1. The molecule has 0 saturated heterocycles. The predicted octanol–water partition coefficient (Wildman–Crippen LogP) is 4.29. The van der Waals surface area contributed by atoms with Crippen molar-refractivity contribution >= 4 is 53.9 Å². The molecule has 7 rings (SSSR count). The summed E-state index contributed by atoms with van der Waals surface area (Å²) in [4.78, 5) is 4.76.